The predicted molar refractivity (Wildman–Crippen MR) is 73.5 cm³/mol. The van der Waals surface area contributed by atoms with Gasteiger partial charge in [0.1, 0.15) is 6.10 Å². The molecule has 0 aliphatic carbocycles. The van der Waals surface area contributed by atoms with Crippen LogP contribution >= 0.6 is 11.3 Å². The molecule has 1 atom stereocenters. The van der Waals surface area contributed by atoms with Gasteiger partial charge in [0.25, 0.3) is 0 Å². The zero-order valence-corrected chi connectivity index (χ0v) is 11.3. The Hall–Kier alpha value is -1.12. The van der Waals surface area contributed by atoms with Crippen LogP contribution in [-0.4, -0.2) is 5.11 Å². The first kappa shape index (κ1) is 12.3. The van der Waals surface area contributed by atoms with E-state index in [1.54, 1.807) is 11.3 Å². The zero-order valence-electron chi connectivity index (χ0n) is 10.5. The van der Waals surface area contributed by atoms with Crippen LogP contribution < -0.4 is 0 Å². The van der Waals surface area contributed by atoms with Crippen LogP contribution in [0.15, 0.2) is 41.8 Å². The fourth-order valence-electron chi connectivity index (χ4n) is 1.69. The van der Waals surface area contributed by atoms with E-state index in [0.29, 0.717) is 0 Å². The van der Waals surface area contributed by atoms with Crippen molar-refractivity contribution in [3.05, 3.63) is 57.8 Å². The maximum atomic E-state index is 10.3. The lowest BCUT2D eigenvalue weighted by atomic mass is 9.89. The van der Waals surface area contributed by atoms with E-state index in [0.717, 1.165) is 10.4 Å². The summed E-state index contributed by atoms with van der Waals surface area (Å²) >= 11 is 1.63. The summed E-state index contributed by atoms with van der Waals surface area (Å²) in [4.78, 5) is 1.01. The van der Waals surface area contributed by atoms with Crippen molar-refractivity contribution in [1.29, 1.82) is 0 Å². The Bertz CT molecular complexity index is 479. The van der Waals surface area contributed by atoms with E-state index in [1.165, 1.54) is 5.56 Å². The van der Waals surface area contributed by atoms with E-state index in [-0.39, 0.29) is 5.41 Å². The summed E-state index contributed by atoms with van der Waals surface area (Å²) in [6.07, 6.45) is -0.503. The van der Waals surface area contributed by atoms with Crippen molar-refractivity contribution < 1.29 is 5.11 Å². The normalized spacial score (nSPS) is 13.6. The van der Waals surface area contributed by atoms with Crippen molar-refractivity contribution in [2.24, 2.45) is 0 Å². The summed E-state index contributed by atoms with van der Waals surface area (Å²) in [7, 11) is 0. The summed E-state index contributed by atoms with van der Waals surface area (Å²) in [5, 5.41) is 12.4. The first-order valence-corrected chi connectivity index (χ1v) is 6.68. The van der Waals surface area contributed by atoms with Gasteiger partial charge in [0.15, 0.2) is 0 Å². The van der Waals surface area contributed by atoms with Gasteiger partial charge in [-0.1, -0.05) is 51.1 Å². The quantitative estimate of drug-likeness (QED) is 0.845. The molecule has 2 aromatic rings. The smallest absolute Gasteiger partial charge is 0.113 e. The van der Waals surface area contributed by atoms with Crippen LogP contribution in [0.1, 0.15) is 42.9 Å². The second-order valence-corrected chi connectivity index (χ2v) is 6.24. The van der Waals surface area contributed by atoms with Crippen molar-refractivity contribution in [3.8, 4) is 0 Å². The van der Waals surface area contributed by atoms with E-state index in [1.807, 2.05) is 30.3 Å². The molecular weight excluding hydrogens is 228 g/mol. The van der Waals surface area contributed by atoms with E-state index in [9.17, 15) is 5.11 Å². The van der Waals surface area contributed by atoms with Gasteiger partial charge in [-0.2, -0.15) is 0 Å². The summed E-state index contributed by atoms with van der Waals surface area (Å²) < 4.78 is 0. The molecule has 0 amide bonds. The van der Waals surface area contributed by atoms with Crippen LogP contribution in [-0.2, 0) is 5.41 Å². The molecule has 0 aliphatic heterocycles. The molecule has 0 radical (unpaired) electrons. The van der Waals surface area contributed by atoms with Gasteiger partial charge >= 0.3 is 0 Å². The highest BCUT2D eigenvalue weighted by molar-refractivity contribution is 7.10. The number of rotatable bonds is 2. The monoisotopic (exact) mass is 246 g/mol. The summed E-state index contributed by atoms with van der Waals surface area (Å²) in [5.74, 6) is 0. The minimum Gasteiger partial charge on any atom is -0.383 e. The average Bonchev–Trinajstić information content (AvgIpc) is 2.78. The van der Waals surface area contributed by atoms with E-state index in [4.69, 9.17) is 0 Å². The molecule has 90 valence electrons. The van der Waals surface area contributed by atoms with Crippen LogP contribution in [0.3, 0.4) is 0 Å². The molecule has 0 saturated heterocycles. The molecule has 2 rings (SSSR count). The SMILES string of the molecule is CC(C)(C)c1csc(C(O)c2ccccc2)c1. The maximum absolute atomic E-state index is 10.3. The van der Waals surface area contributed by atoms with Gasteiger partial charge in [0.05, 0.1) is 0 Å². The topological polar surface area (TPSA) is 20.2 Å². The average molecular weight is 246 g/mol. The van der Waals surface area contributed by atoms with Crippen LogP contribution in [0.5, 0.6) is 0 Å². The number of hydrogen-bond donors (Lipinski definition) is 1. The largest absolute Gasteiger partial charge is 0.383 e. The van der Waals surface area contributed by atoms with Crippen molar-refractivity contribution in [2.75, 3.05) is 0 Å². The highest BCUT2D eigenvalue weighted by atomic mass is 32.1. The first-order chi connectivity index (χ1) is 7.98. The summed E-state index contributed by atoms with van der Waals surface area (Å²) in [6, 6.07) is 11.9. The Morgan fingerprint density at radius 2 is 1.76 bits per heavy atom. The standard InChI is InChI=1S/C15H18OS/c1-15(2,3)12-9-13(17-10-12)14(16)11-7-5-4-6-8-11/h4-10,14,16H,1-3H3. The Morgan fingerprint density at radius 3 is 2.29 bits per heavy atom. The highest BCUT2D eigenvalue weighted by Crippen LogP contribution is 2.32. The summed E-state index contributed by atoms with van der Waals surface area (Å²) in [5.41, 5.74) is 2.38. The molecule has 0 bridgehead atoms. The molecule has 1 N–H and O–H groups in total. The van der Waals surface area contributed by atoms with Crippen molar-refractivity contribution in [2.45, 2.75) is 32.3 Å². The fraction of sp³-hybridized carbons (Fsp3) is 0.333. The van der Waals surface area contributed by atoms with Crippen molar-refractivity contribution in [3.63, 3.8) is 0 Å². The van der Waals surface area contributed by atoms with Crippen LogP contribution in [0.4, 0.5) is 0 Å². The van der Waals surface area contributed by atoms with Gasteiger partial charge in [-0.15, -0.1) is 11.3 Å². The minimum atomic E-state index is -0.503. The molecule has 17 heavy (non-hydrogen) atoms. The van der Waals surface area contributed by atoms with Crippen LogP contribution in [0.25, 0.3) is 0 Å². The molecule has 1 unspecified atom stereocenters. The van der Waals surface area contributed by atoms with Crippen LogP contribution in [0.2, 0.25) is 0 Å². The van der Waals surface area contributed by atoms with Gasteiger partial charge in [-0.3, -0.25) is 0 Å². The van der Waals surface area contributed by atoms with E-state index < -0.39 is 6.10 Å². The second kappa shape index (κ2) is 4.63. The molecule has 1 aromatic carbocycles. The Morgan fingerprint density at radius 1 is 1.12 bits per heavy atom. The number of thiophene rings is 1. The Balaban J connectivity index is 2.27. The van der Waals surface area contributed by atoms with Crippen LogP contribution in [0, 0.1) is 0 Å². The Kier molecular flexibility index (Phi) is 3.36. The third-order valence-electron chi connectivity index (χ3n) is 2.87. The first-order valence-electron chi connectivity index (χ1n) is 5.80. The van der Waals surface area contributed by atoms with Gasteiger partial charge < -0.3 is 5.11 Å². The van der Waals surface area contributed by atoms with Crippen molar-refractivity contribution in [1.82, 2.24) is 0 Å². The predicted octanol–water partition coefficient (Wildman–Crippen LogP) is 4.13. The van der Waals surface area contributed by atoms with E-state index in [2.05, 4.69) is 32.2 Å². The summed E-state index contributed by atoms with van der Waals surface area (Å²) in [6.45, 7) is 6.56. The second-order valence-electron chi connectivity index (χ2n) is 5.30. The molecule has 0 fully saturated rings. The molecule has 1 aromatic heterocycles. The lowest BCUT2D eigenvalue weighted by molar-refractivity contribution is 0.224. The van der Waals surface area contributed by atoms with Gasteiger partial charge in [-0.25, -0.2) is 0 Å². The maximum Gasteiger partial charge on any atom is 0.113 e. The minimum absolute atomic E-state index is 0.144. The van der Waals surface area contributed by atoms with E-state index >= 15 is 0 Å². The molecule has 0 saturated carbocycles. The van der Waals surface area contributed by atoms with Gasteiger partial charge in [0, 0.05) is 4.88 Å². The molecule has 1 heterocycles. The molecule has 1 nitrogen and oxygen atoms in total. The fourth-order valence-corrected chi connectivity index (χ4v) is 2.83. The third-order valence-corrected chi connectivity index (χ3v) is 3.86. The lowest BCUT2D eigenvalue weighted by Gasteiger charge is -2.16. The number of aliphatic hydroxyl groups is 1. The highest BCUT2D eigenvalue weighted by Gasteiger charge is 2.18. The van der Waals surface area contributed by atoms with Crippen molar-refractivity contribution >= 4 is 11.3 Å². The molecule has 0 aliphatic rings. The van der Waals surface area contributed by atoms with Gasteiger partial charge in [-0.05, 0) is 28.0 Å². The number of aliphatic hydroxyl groups excluding tert-OH is 1. The molecule has 0 spiro atoms. The lowest BCUT2D eigenvalue weighted by Crippen LogP contribution is -2.09. The zero-order chi connectivity index (χ0) is 12.5. The molecular formula is C15H18OS. The number of benzene rings is 1. The third kappa shape index (κ3) is 2.76. The van der Waals surface area contributed by atoms with Gasteiger partial charge in [0.2, 0.25) is 0 Å². The molecule has 2 heteroatoms. The number of hydrogen-bond acceptors (Lipinski definition) is 2. The Labute approximate surface area is 107 Å².